The lowest BCUT2D eigenvalue weighted by Gasteiger charge is -2.39. The molecule has 0 fully saturated rings. The first-order valence-corrected chi connectivity index (χ1v) is 25.6. The predicted octanol–water partition coefficient (Wildman–Crippen LogP) is 18.5. The molecular weight excluding hydrogens is 879 g/mol. The van der Waals surface area contributed by atoms with Crippen LogP contribution >= 0.6 is 0 Å². The molecule has 344 valence electrons. The number of fused-ring (bicyclic) bond motifs is 2. The highest BCUT2D eigenvalue weighted by Crippen LogP contribution is 2.67. The molecule has 0 atom stereocenters. The SMILES string of the molecule is Cc1cc2c3c(c1)C(c1ccccc1)(c1ccc(N(c4ccccc4)c4ccccc4)cc1)c1cc(C)cc(c1-3)C2(c1ccccc1)c1ccc(-c2c3ccccc3c(-c3ccccc3)c3ccccc23)cc1. The van der Waals surface area contributed by atoms with Crippen molar-refractivity contribution in [3.8, 4) is 33.4 Å². The fraction of sp³-hybridized carbons (Fsp3) is 0.0556. The molecule has 0 unspecified atom stereocenters. The Hall–Kier alpha value is -9.04. The quantitative estimate of drug-likeness (QED) is 0.130. The van der Waals surface area contributed by atoms with Crippen LogP contribution in [-0.4, -0.2) is 0 Å². The zero-order chi connectivity index (χ0) is 48.7. The van der Waals surface area contributed by atoms with Crippen molar-refractivity contribution in [1.82, 2.24) is 0 Å². The Labute approximate surface area is 428 Å². The topological polar surface area (TPSA) is 3.24 Å². The minimum atomic E-state index is -0.578. The maximum absolute atomic E-state index is 2.50. The molecule has 0 aromatic heterocycles. The lowest BCUT2D eigenvalue weighted by atomic mass is 9.62. The fourth-order valence-electron chi connectivity index (χ4n) is 13.2. The van der Waals surface area contributed by atoms with Crippen LogP contribution in [0, 0.1) is 13.8 Å². The first-order valence-electron chi connectivity index (χ1n) is 25.6. The number of benzene rings is 12. The van der Waals surface area contributed by atoms with Gasteiger partial charge in [0.2, 0.25) is 0 Å². The number of anilines is 3. The van der Waals surface area contributed by atoms with E-state index in [1.54, 1.807) is 0 Å². The number of hydrogen-bond acceptors (Lipinski definition) is 1. The summed E-state index contributed by atoms with van der Waals surface area (Å²) in [6, 6.07) is 102. The first-order chi connectivity index (χ1) is 36.0. The zero-order valence-electron chi connectivity index (χ0n) is 40.9. The molecule has 0 saturated carbocycles. The fourth-order valence-corrected chi connectivity index (χ4v) is 13.2. The maximum atomic E-state index is 2.50. The standard InChI is InChI=1S/C72H51N/c1-48-44-63-69-65(46-48)72(53-26-12-5-13-27-53,55-40-42-58(43-41-55)73(56-28-14-6-15-29-56)57-30-16-7-17-31-57)66-47-49(2)45-64(70(66)69)71(63,52-24-10-4-11-25-52)54-38-36-51(37-39-54)68-61-34-20-18-32-59(61)67(50-22-8-3-9-23-50)60-33-19-21-35-62(60)68/h3-47H,1-2H3. The third kappa shape index (κ3) is 6.28. The normalized spacial score (nSPS) is 13.6. The molecule has 0 saturated heterocycles. The molecule has 0 amide bonds. The van der Waals surface area contributed by atoms with Crippen molar-refractivity contribution in [3.63, 3.8) is 0 Å². The van der Waals surface area contributed by atoms with E-state index < -0.39 is 10.8 Å². The summed E-state index contributed by atoms with van der Waals surface area (Å²) in [6.07, 6.45) is 0. The van der Waals surface area contributed by atoms with Crippen LogP contribution in [0.5, 0.6) is 0 Å². The van der Waals surface area contributed by atoms with Gasteiger partial charge in [0, 0.05) is 17.1 Å². The molecule has 73 heavy (non-hydrogen) atoms. The van der Waals surface area contributed by atoms with Gasteiger partial charge in [0.15, 0.2) is 0 Å². The molecule has 12 aromatic rings. The highest BCUT2D eigenvalue weighted by atomic mass is 15.1. The van der Waals surface area contributed by atoms with Gasteiger partial charge in [0.1, 0.15) is 0 Å². The van der Waals surface area contributed by atoms with E-state index in [1.807, 2.05) is 0 Å². The summed E-state index contributed by atoms with van der Waals surface area (Å²) >= 11 is 0. The van der Waals surface area contributed by atoms with Gasteiger partial charge in [-0.15, -0.1) is 0 Å². The predicted molar refractivity (Wildman–Crippen MR) is 306 cm³/mol. The van der Waals surface area contributed by atoms with E-state index in [-0.39, 0.29) is 0 Å². The van der Waals surface area contributed by atoms with Crippen LogP contribution in [0.3, 0.4) is 0 Å². The molecule has 0 radical (unpaired) electrons. The van der Waals surface area contributed by atoms with Crippen molar-refractivity contribution in [2.75, 3.05) is 4.90 Å². The number of nitrogens with zero attached hydrogens (tertiary/aromatic N) is 1. The van der Waals surface area contributed by atoms with Crippen LogP contribution in [-0.2, 0) is 10.8 Å². The Bertz CT molecular complexity index is 3890. The molecule has 1 nitrogen and oxygen atoms in total. The minimum Gasteiger partial charge on any atom is -0.311 e. The summed E-state index contributed by atoms with van der Waals surface area (Å²) in [4.78, 5) is 2.35. The van der Waals surface area contributed by atoms with Gasteiger partial charge in [0.05, 0.1) is 10.8 Å². The number of hydrogen-bond donors (Lipinski definition) is 0. The molecule has 2 aliphatic carbocycles. The van der Waals surface area contributed by atoms with Crippen molar-refractivity contribution in [1.29, 1.82) is 0 Å². The van der Waals surface area contributed by atoms with Crippen molar-refractivity contribution in [3.05, 3.63) is 329 Å². The number of para-hydroxylation sites is 2. The molecule has 0 heterocycles. The summed E-state index contributed by atoms with van der Waals surface area (Å²) in [5, 5.41) is 5.05. The van der Waals surface area contributed by atoms with E-state index in [0.717, 1.165) is 17.1 Å². The molecule has 2 aliphatic rings. The molecule has 0 N–H and O–H groups in total. The minimum absolute atomic E-state index is 0.572. The van der Waals surface area contributed by atoms with Gasteiger partial charge in [-0.25, -0.2) is 0 Å². The van der Waals surface area contributed by atoms with Gasteiger partial charge < -0.3 is 4.90 Å². The lowest BCUT2D eigenvalue weighted by Crippen LogP contribution is -2.33. The van der Waals surface area contributed by atoms with Crippen LogP contribution in [0.25, 0.3) is 54.9 Å². The average molecular weight is 930 g/mol. The second-order valence-corrected chi connectivity index (χ2v) is 20.0. The van der Waals surface area contributed by atoms with Crippen molar-refractivity contribution in [2.45, 2.75) is 24.7 Å². The Morgan fingerprint density at radius 3 is 0.890 bits per heavy atom. The van der Waals surface area contributed by atoms with Crippen LogP contribution < -0.4 is 4.90 Å². The van der Waals surface area contributed by atoms with Gasteiger partial charge in [-0.3, -0.25) is 0 Å². The van der Waals surface area contributed by atoms with E-state index in [0.29, 0.717) is 0 Å². The highest BCUT2D eigenvalue weighted by molar-refractivity contribution is 6.21. The van der Waals surface area contributed by atoms with E-state index in [1.165, 1.54) is 111 Å². The number of aryl methyl sites for hydroxylation is 2. The van der Waals surface area contributed by atoms with E-state index in [9.17, 15) is 0 Å². The third-order valence-electron chi connectivity index (χ3n) is 16.0. The monoisotopic (exact) mass is 929 g/mol. The van der Waals surface area contributed by atoms with Crippen molar-refractivity contribution < 1.29 is 0 Å². The van der Waals surface area contributed by atoms with E-state index in [2.05, 4.69) is 292 Å². The van der Waals surface area contributed by atoms with Crippen molar-refractivity contribution >= 4 is 38.6 Å². The molecule has 0 spiro atoms. The third-order valence-corrected chi connectivity index (χ3v) is 16.0. The summed E-state index contributed by atoms with van der Waals surface area (Å²) in [5.74, 6) is 0. The Morgan fingerprint density at radius 2 is 0.521 bits per heavy atom. The second kappa shape index (κ2) is 16.8. The Kier molecular flexibility index (Phi) is 9.85. The van der Waals surface area contributed by atoms with Gasteiger partial charge in [0.25, 0.3) is 0 Å². The highest BCUT2D eigenvalue weighted by Gasteiger charge is 2.56. The zero-order valence-corrected chi connectivity index (χ0v) is 40.9. The van der Waals surface area contributed by atoms with Crippen LogP contribution in [0.2, 0.25) is 0 Å². The molecule has 12 aromatic carbocycles. The van der Waals surface area contributed by atoms with E-state index in [4.69, 9.17) is 0 Å². The van der Waals surface area contributed by atoms with E-state index >= 15 is 0 Å². The van der Waals surface area contributed by atoms with Crippen LogP contribution in [0.4, 0.5) is 17.1 Å². The summed E-state index contributed by atoms with van der Waals surface area (Å²) in [5.41, 5.74) is 22.9. The van der Waals surface area contributed by atoms with Crippen LogP contribution in [0.15, 0.2) is 273 Å². The van der Waals surface area contributed by atoms with Gasteiger partial charge in [-0.05, 0) is 150 Å². The average Bonchev–Trinajstić information content (AvgIpc) is 3.91. The first kappa shape index (κ1) is 42.8. The smallest absolute Gasteiger partial charge is 0.0714 e. The summed E-state index contributed by atoms with van der Waals surface area (Å²) in [7, 11) is 0. The molecule has 0 bridgehead atoms. The van der Waals surface area contributed by atoms with Gasteiger partial charge >= 0.3 is 0 Å². The molecule has 0 aliphatic heterocycles. The van der Waals surface area contributed by atoms with Gasteiger partial charge in [-0.2, -0.15) is 0 Å². The largest absolute Gasteiger partial charge is 0.311 e. The summed E-state index contributed by atoms with van der Waals surface area (Å²) < 4.78 is 0. The second-order valence-electron chi connectivity index (χ2n) is 20.0. The van der Waals surface area contributed by atoms with Crippen LogP contribution in [0.1, 0.15) is 55.6 Å². The van der Waals surface area contributed by atoms with Gasteiger partial charge in [-0.1, -0.05) is 248 Å². The van der Waals surface area contributed by atoms with Crippen molar-refractivity contribution in [2.24, 2.45) is 0 Å². The number of rotatable bonds is 9. The molecule has 14 rings (SSSR count). The Morgan fingerprint density at radius 1 is 0.247 bits per heavy atom. The lowest BCUT2D eigenvalue weighted by molar-refractivity contribution is 0.730. The Balaban J connectivity index is 0.995. The molecule has 1 heteroatoms. The summed E-state index contributed by atoms with van der Waals surface area (Å²) in [6.45, 7) is 4.60. The molecular formula is C72H51N. The maximum Gasteiger partial charge on any atom is 0.0714 e.